The van der Waals surface area contributed by atoms with Gasteiger partial charge in [0, 0.05) is 11.4 Å². The van der Waals surface area contributed by atoms with Crippen molar-refractivity contribution < 1.29 is 0 Å². The molecule has 0 aromatic rings. The summed E-state index contributed by atoms with van der Waals surface area (Å²) in [6, 6.07) is 0.567. The number of halogens is 1. The molecule has 0 radical (unpaired) electrons. The highest BCUT2D eigenvalue weighted by molar-refractivity contribution is 6.21. The highest BCUT2D eigenvalue weighted by Gasteiger charge is 2.20. The fourth-order valence-electron chi connectivity index (χ4n) is 3.09. The first-order chi connectivity index (χ1) is 8.36. The first kappa shape index (κ1) is 13.6. The van der Waals surface area contributed by atoms with Crippen molar-refractivity contribution in [2.24, 2.45) is 0 Å². The number of nitrogens with one attached hydrogen (secondary N) is 1. The van der Waals surface area contributed by atoms with Gasteiger partial charge in [0.2, 0.25) is 0 Å². The third-order valence-electron chi connectivity index (χ3n) is 4.19. The quantitative estimate of drug-likeness (QED) is 0.463. The zero-order valence-corrected chi connectivity index (χ0v) is 11.7. The maximum absolute atomic E-state index is 6.42. The third-order valence-corrected chi connectivity index (χ3v) is 4.71. The summed E-state index contributed by atoms with van der Waals surface area (Å²) in [7, 11) is 0. The maximum atomic E-state index is 6.42. The van der Waals surface area contributed by atoms with Crippen LogP contribution in [0.3, 0.4) is 0 Å². The van der Waals surface area contributed by atoms with Crippen molar-refractivity contribution in [3.63, 3.8) is 0 Å². The van der Waals surface area contributed by atoms with E-state index in [-0.39, 0.29) is 0 Å². The lowest BCUT2D eigenvalue weighted by Crippen LogP contribution is -2.37. The Morgan fingerprint density at radius 3 is 2.59 bits per heavy atom. The molecule has 1 aliphatic heterocycles. The average molecular weight is 259 g/mol. The van der Waals surface area contributed by atoms with E-state index in [1.807, 2.05) is 0 Å². The van der Waals surface area contributed by atoms with E-state index in [2.05, 4.69) is 10.2 Å². The molecule has 1 heterocycles. The van der Waals surface area contributed by atoms with Crippen LogP contribution in [0.15, 0.2) is 0 Å². The molecule has 0 aromatic heterocycles. The molecule has 100 valence electrons. The third kappa shape index (κ3) is 4.76. The summed E-state index contributed by atoms with van der Waals surface area (Å²) in [5.74, 6) is 0. The second-order valence-corrected chi connectivity index (χ2v) is 6.18. The Morgan fingerprint density at radius 2 is 1.76 bits per heavy atom. The van der Waals surface area contributed by atoms with Crippen molar-refractivity contribution in [3.8, 4) is 0 Å². The smallest absolute Gasteiger partial charge is 0.0489 e. The SMILES string of the molecule is ClC1CCCCCC1NCCCN1CCCC1. The highest BCUT2D eigenvalue weighted by Crippen LogP contribution is 2.22. The van der Waals surface area contributed by atoms with Crippen LogP contribution in [0.25, 0.3) is 0 Å². The van der Waals surface area contributed by atoms with Gasteiger partial charge >= 0.3 is 0 Å². The molecule has 1 aliphatic carbocycles. The summed E-state index contributed by atoms with van der Waals surface area (Å²) in [6.45, 7) is 5.06. The Labute approximate surface area is 111 Å². The molecule has 0 amide bonds. The highest BCUT2D eigenvalue weighted by atomic mass is 35.5. The van der Waals surface area contributed by atoms with Crippen molar-refractivity contribution in [2.45, 2.75) is 62.8 Å². The number of nitrogens with zero attached hydrogens (tertiary/aromatic N) is 1. The molecule has 2 rings (SSSR count). The second-order valence-electron chi connectivity index (χ2n) is 5.62. The second kappa shape index (κ2) is 7.60. The van der Waals surface area contributed by atoms with E-state index in [1.54, 1.807) is 0 Å². The Bertz CT molecular complexity index is 204. The molecule has 1 N–H and O–H groups in total. The van der Waals surface area contributed by atoms with E-state index < -0.39 is 0 Å². The van der Waals surface area contributed by atoms with E-state index in [0.29, 0.717) is 11.4 Å². The molecular formula is C14H27ClN2. The number of hydrogen-bond acceptors (Lipinski definition) is 2. The minimum atomic E-state index is 0.365. The first-order valence-electron chi connectivity index (χ1n) is 7.46. The number of alkyl halides is 1. The molecule has 3 heteroatoms. The van der Waals surface area contributed by atoms with Gasteiger partial charge in [-0.25, -0.2) is 0 Å². The van der Waals surface area contributed by atoms with Gasteiger partial charge in [-0.3, -0.25) is 0 Å². The lowest BCUT2D eigenvalue weighted by molar-refractivity contribution is 0.325. The fraction of sp³-hybridized carbons (Fsp3) is 1.00. The largest absolute Gasteiger partial charge is 0.312 e. The molecule has 0 bridgehead atoms. The average Bonchev–Trinajstić information content (AvgIpc) is 2.76. The van der Waals surface area contributed by atoms with Gasteiger partial charge in [0.25, 0.3) is 0 Å². The number of hydrogen-bond donors (Lipinski definition) is 1. The number of likely N-dealkylation sites (tertiary alicyclic amines) is 1. The van der Waals surface area contributed by atoms with Gasteiger partial charge in [-0.1, -0.05) is 19.3 Å². The predicted octanol–water partition coefficient (Wildman–Crippen LogP) is 3.00. The van der Waals surface area contributed by atoms with E-state index in [9.17, 15) is 0 Å². The maximum Gasteiger partial charge on any atom is 0.0489 e. The standard InChI is InChI=1S/C14H27ClN2/c15-13-7-2-1-3-8-14(13)16-9-6-12-17-10-4-5-11-17/h13-14,16H,1-12H2. The van der Waals surface area contributed by atoms with Gasteiger partial charge in [0.15, 0.2) is 0 Å². The topological polar surface area (TPSA) is 15.3 Å². The summed E-state index contributed by atoms with van der Waals surface area (Å²) in [5, 5.41) is 4.04. The van der Waals surface area contributed by atoms with Gasteiger partial charge in [-0.2, -0.15) is 0 Å². The van der Waals surface area contributed by atoms with Gasteiger partial charge in [-0.15, -0.1) is 11.6 Å². The van der Waals surface area contributed by atoms with Crippen LogP contribution < -0.4 is 5.32 Å². The van der Waals surface area contributed by atoms with E-state index in [1.165, 1.54) is 71.0 Å². The van der Waals surface area contributed by atoms with Crippen LogP contribution in [-0.4, -0.2) is 42.5 Å². The van der Waals surface area contributed by atoms with Crippen LogP contribution in [0.5, 0.6) is 0 Å². The summed E-state index contributed by atoms with van der Waals surface area (Å²) >= 11 is 6.42. The van der Waals surface area contributed by atoms with Gasteiger partial charge in [0.05, 0.1) is 0 Å². The van der Waals surface area contributed by atoms with Gasteiger partial charge in [-0.05, 0) is 58.3 Å². The van der Waals surface area contributed by atoms with Crippen LogP contribution >= 0.6 is 11.6 Å². The zero-order chi connectivity index (χ0) is 11.9. The Morgan fingerprint density at radius 1 is 1.00 bits per heavy atom. The lowest BCUT2D eigenvalue weighted by atomic mass is 10.1. The molecule has 2 aliphatic rings. The van der Waals surface area contributed by atoms with Crippen molar-refractivity contribution in [1.82, 2.24) is 10.2 Å². The van der Waals surface area contributed by atoms with Gasteiger partial charge < -0.3 is 10.2 Å². The molecule has 0 aromatic carbocycles. The van der Waals surface area contributed by atoms with Crippen LogP contribution in [0.4, 0.5) is 0 Å². The Balaban J connectivity index is 1.56. The molecule has 2 atom stereocenters. The molecule has 1 saturated heterocycles. The molecule has 0 spiro atoms. The van der Waals surface area contributed by atoms with Crippen LogP contribution in [0.2, 0.25) is 0 Å². The minimum absolute atomic E-state index is 0.365. The van der Waals surface area contributed by atoms with Gasteiger partial charge in [0.1, 0.15) is 0 Å². The van der Waals surface area contributed by atoms with Crippen molar-refractivity contribution in [1.29, 1.82) is 0 Å². The van der Waals surface area contributed by atoms with Crippen molar-refractivity contribution >= 4 is 11.6 Å². The summed E-state index contributed by atoms with van der Waals surface area (Å²) < 4.78 is 0. The van der Waals surface area contributed by atoms with E-state index >= 15 is 0 Å². The van der Waals surface area contributed by atoms with Crippen LogP contribution in [0.1, 0.15) is 51.4 Å². The molecule has 2 nitrogen and oxygen atoms in total. The molecule has 2 fully saturated rings. The fourth-order valence-corrected chi connectivity index (χ4v) is 3.46. The molecule has 17 heavy (non-hydrogen) atoms. The zero-order valence-electron chi connectivity index (χ0n) is 11.0. The summed E-state index contributed by atoms with van der Waals surface area (Å²) in [6.07, 6.45) is 10.6. The summed E-state index contributed by atoms with van der Waals surface area (Å²) in [4.78, 5) is 2.59. The summed E-state index contributed by atoms with van der Waals surface area (Å²) in [5.41, 5.74) is 0. The van der Waals surface area contributed by atoms with Crippen molar-refractivity contribution in [2.75, 3.05) is 26.2 Å². The van der Waals surface area contributed by atoms with Crippen LogP contribution in [-0.2, 0) is 0 Å². The van der Waals surface area contributed by atoms with E-state index in [4.69, 9.17) is 11.6 Å². The molecular weight excluding hydrogens is 232 g/mol. The predicted molar refractivity (Wildman–Crippen MR) is 74.8 cm³/mol. The van der Waals surface area contributed by atoms with Crippen LogP contribution in [0, 0.1) is 0 Å². The minimum Gasteiger partial charge on any atom is -0.312 e. The van der Waals surface area contributed by atoms with Crippen molar-refractivity contribution in [3.05, 3.63) is 0 Å². The molecule has 2 unspecified atom stereocenters. The number of rotatable bonds is 5. The Kier molecular flexibility index (Phi) is 6.10. The monoisotopic (exact) mass is 258 g/mol. The Hall–Kier alpha value is 0.210. The molecule has 1 saturated carbocycles. The lowest BCUT2D eigenvalue weighted by Gasteiger charge is -2.22. The normalized spacial score (nSPS) is 31.6. The van der Waals surface area contributed by atoms with E-state index in [0.717, 1.165) is 6.54 Å². The first-order valence-corrected chi connectivity index (χ1v) is 7.90.